The minimum atomic E-state index is -0.824. The molecule has 1 aromatic heterocycles. The number of hydrogen-bond acceptors (Lipinski definition) is 5. The van der Waals surface area contributed by atoms with Crippen molar-refractivity contribution < 1.29 is 5.11 Å². The van der Waals surface area contributed by atoms with Crippen LogP contribution in [0, 0.1) is 0 Å². The van der Waals surface area contributed by atoms with Gasteiger partial charge >= 0.3 is 11.1 Å². The summed E-state index contributed by atoms with van der Waals surface area (Å²) in [7, 11) is 1.59. The maximum Gasteiger partial charge on any atom is 0.339 e. The molecular weight excluding hydrogens is 266 g/mol. The second-order valence-corrected chi connectivity index (χ2v) is 4.92. The molecular formula is C12H13N3O3S. The number of aryl methyl sites for hydroxylation is 1. The quantitative estimate of drug-likeness (QED) is 0.620. The van der Waals surface area contributed by atoms with E-state index in [2.05, 4.69) is 10.1 Å². The number of hydrogen-bond donors (Lipinski definition) is 2. The third-order valence-corrected chi connectivity index (χ3v) is 3.61. The second kappa shape index (κ2) is 5.85. The van der Waals surface area contributed by atoms with Crippen LogP contribution >= 0.6 is 11.8 Å². The van der Waals surface area contributed by atoms with Gasteiger partial charge < -0.3 is 5.11 Å². The van der Waals surface area contributed by atoms with Gasteiger partial charge in [0, 0.05) is 12.8 Å². The lowest BCUT2D eigenvalue weighted by Crippen LogP contribution is -2.33. The minimum absolute atomic E-state index is 0.344. The van der Waals surface area contributed by atoms with Gasteiger partial charge in [0.1, 0.15) is 0 Å². The first-order valence-corrected chi connectivity index (χ1v) is 6.59. The van der Waals surface area contributed by atoms with Crippen molar-refractivity contribution in [3.8, 4) is 0 Å². The summed E-state index contributed by atoms with van der Waals surface area (Å²) in [5, 5.41) is 12.7. The normalized spacial score (nSPS) is 12.3. The number of aromatic nitrogens is 3. The van der Waals surface area contributed by atoms with Gasteiger partial charge in [-0.15, -0.1) is 0 Å². The molecule has 0 aliphatic carbocycles. The number of aromatic amines is 1. The van der Waals surface area contributed by atoms with Crippen molar-refractivity contribution in [2.45, 2.75) is 11.3 Å². The van der Waals surface area contributed by atoms with E-state index in [1.165, 1.54) is 16.4 Å². The van der Waals surface area contributed by atoms with Crippen LogP contribution in [0.15, 0.2) is 45.1 Å². The molecule has 0 fully saturated rings. The molecule has 6 nitrogen and oxygen atoms in total. The molecule has 0 radical (unpaired) electrons. The van der Waals surface area contributed by atoms with Crippen molar-refractivity contribution in [3.63, 3.8) is 0 Å². The van der Waals surface area contributed by atoms with Crippen molar-refractivity contribution >= 4 is 11.8 Å². The highest BCUT2D eigenvalue weighted by atomic mass is 32.2. The van der Waals surface area contributed by atoms with Crippen LogP contribution in [0.4, 0.5) is 0 Å². The summed E-state index contributed by atoms with van der Waals surface area (Å²) in [5.74, 6) is 0.344. The Kier molecular flexibility index (Phi) is 4.18. The van der Waals surface area contributed by atoms with Gasteiger partial charge in [-0.3, -0.25) is 19.4 Å². The fourth-order valence-corrected chi connectivity index (χ4v) is 2.40. The summed E-state index contributed by atoms with van der Waals surface area (Å²) in [6.45, 7) is 0. The molecule has 2 rings (SSSR count). The molecule has 0 aliphatic heterocycles. The van der Waals surface area contributed by atoms with E-state index in [-0.39, 0.29) is 0 Å². The lowest BCUT2D eigenvalue weighted by atomic mass is 10.1. The van der Waals surface area contributed by atoms with Crippen molar-refractivity contribution in [1.82, 2.24) is 14.8 Å². The van der Waals surface area contributed by atoms with E-state index in [0.717, 1.165) is 5.56 Å². The number of aliphatic hydroxyl groups excluding tert-OH is 1. The zero-order valence-electron chi connectivity index (χ0n) is 10.2. The first kappa shape index (κ1) is 13.6. The van der Waals surface area contributed by atoms with Crippen LogP contribution in [0.2, 0.25) is 0 Å². The van der Waals surface area contributed by atoms with E-state index in [1.54, 1.807) is 7.05 Å². The van der Waals surface area contributed by atoms with Crippen LogP contribution < -0.4 is 11.1 Å². The molecule has 0 saturated heterocycles. The van der Waals surface area contributed by atoms with Crippen LogP contribution in [0.3, 0.4) is 0 Å². The standard InChI is InChI=1S/C12H13N3O3S/c1-15-12(13-10(17)11(18)14-15)19-7-9(16)8-5-3-2-4-6-8/h2-6,9,16H,7H2,1H3,(H,14,18). The molecule has 1 aromatic carbocycles. The van der Waals surface area contributed by atoms with Gasteiger partial charge in [-0.2, -0.15) is 4.98 Å². The van der Waals surface area contributed by atoms with Gasteiger partial charge in [0.05, 0.1) is 6.10 Å². The third-order valence-electron chi connectivity index (χ3n) is 2.50. The number of nitrogens with zero attached hydrogens (tertiary/aromatic N) is 2. The predicted octanol–water partition coefficient (Wildman–Crippen LogP) is 0.294. The van der Waals surface area contributed by atoms with Crippen LogP contribution in [0.1, 0.15) is 11.7 Å². The first-order valence-electron chi connectivity index (χ1n) is 5.61. The van der Waals surface area contributed by atoms with Gasteiger partial charge in [-0.25, -0.2) is 0 Å². The SMILES string of the molecule is Cn1[nH]c(=O)c(=O)nc1SCC(O)c1ccccc1. The van der Waals surface area contributed by atoms with Gasteiger partial charge in [0.25, 0.3) is 0 Å². The zero-order valence-corrected chi connectivity index (χ0v) is 11.1. The Morgan fingerprint density at radius 1 is 1.37 bits per heavy atom. The Labute approximate surface area is 113 Å². The Bertz CT molecular complexity index is 666. The maximum absolute atomic E-state index is 11.2. The molecule has 7 heteroatoms. The summed E-state index contributed by atoms with van der Waals surface area (Å²) >= 11 is 1.20. The van der Waals surface area contributed by atoms with Crippen molar-refractivity contribution in [1.29, 1.82) is 0 Å². The Balaban J connectivity index is 2.09. The highest BCUT2D eigenvalue weighted by molar-refractivity contribution is 7.99. The maximum atomic E-state index is 11.2. The topological polar surface area (TPSA) is 88.0 Å². The number of aliphatic hydroxyl groups is 1. The minimum Gasteiger partial charge on any atom is -0.388 e. The molecule has 0 saturated carbocycles. The molecule has 2 aromatic rings. The fraction of sp³-hybridized carbons (Fsp3) is 0.250. The second-order valence-electron chi connectivity index (χ2n) is 3.94. The van der Waals surface area contributed by atoms with Gasteiger partial charge in [-0.1, -0.05) is 42.1 Å². The third kappa shape index (κ3) is 3.33. The molecule has 1 heterocycles. The Hall–Kier alpha value is -1.86. The molecule has 0 amide bonds. The van der Waals surface area contributed by atoms with E-state index >= 15 is 0 Å². The van der Waals surface area contributed by atoms with Gasteiger partial charge in [-0.05, 0) is 5.56 Å². The van der Waals surface area contributed by atoms with E-state index in [9.17, 15) is 14.7 Å². The van der Waals surface area contributed by atoms with Crippen LogP contribution in [0.25, 0.3) is 0 Å². The Morgan fingerprint density at radius 2 is 2.05 bits per heavy atom. The Morgan fingerprint density at radius 3 is 2.74 bits per heavy atom. The molecule has 0 spiro atoms. The van der Waals surface area contributed by atoms with Crippen molar-refractivity contribution in [2.24, 2.45) is 7.05 Å². The monoisotopic (exact) mass is 279 g/mol. The molecule has 19 heavy (non-hydrogen) atoms. The summed E-state index contributed by atoms with van der Waals surface area (Å²) in [6.07, 6.45) is -0.657. The van der Waals surface area contributed by atoms with Crippen LogP contribution in [-0.2, 0) is 7.05 Å². The largest absolute Gasteiger partial charge is 0.388 e. The summed E-state index contributed by atoms with van der Waals surface area (Å²) in [5.41, 5.74) is -0.783. The smallest absolute Gasteiger partial charge is 0.339 e. The summed E-state index contributed by atoms with van der Waals surface area (Å²) in [6, 6.07) is 9.21. The predicted molar refractivity (Wildman–Crippen MR) is 72.2 cm³/mol. The molecule has 0 aliphatic rings. The highest BCUT2D eigenvalue weighted by Gasteiger charge is 2.10. The number of H-pyrrole nitrogens is 1. The van der Waals surface area contributed by atoms with Crippen molar-refractivity contribution in [3.05, 3.63) is 56.6 Å². The lowest BCUT2D eigenvalue weighted by molar-refractivity contribution is 0.204. The van der Waals surface area contributed by atoms with Gasteiger partial charge in [0.2, 0.25) is 0 Å². The molecule has 2 N–H and O–H groups in total. The number of nitrogens with one attached hydrogen (secondary N) is 1. The molecule has 100 valence electrons. The van der Waals surface area contributed by atoms with E-state index in [4.69, 9.17) is 0 Å². The average Bonchev–Trinajstić information content (AvgIpc) is 2.42. The average molecular weight is 279 g/mol. The highest BCUT2D eigenvalue weighted by Crippen LogP contribution is 2.21. The number of benzene rings is 1. The summed E-state index contributed by atoms with van der Waals surface area (Å²) in [4.78, 5) is 25.9. The number of thioether (sulfide) groups is 1. The fourth-order valence-electron chi connectivity index (χ4n) is 1.51. The molecule has 1 unspecified atom stereocenters. The summed E-state index contributed by atoms with van der Waals surface area (Å²) < 4.78 is 1.37. The molecule has 0 bridgehead atoms. The van der Waals surface area contributed by atoms with E-state index < -0.39 is 17.2 Å². The van der Waals surface area contributed by atoms with E-state index in [1.807, 2.05) is 30.3 Å². The molecule has 1 atom stereocenters. The van der Waals surface area contributed by atoms with Gasteiger partial charge in [0.15, 0.2) is 5.16 Å². The van der Waals surface area contributed by atoms with E-state index in [0.29, 0.717) is 10.9 Å². The first-order chi connectivity index (χ1) is 9.08. The van der Waals surface area contributed by atoms with Crippen LogP contribution in [0.5, 0.6) is 0 Å². The lowest BCUT2D eigenvalue weighted by Gasteiger charge is -2.11. The number of rotatable bonds is 4. The van der Waals surface area contributed by atoms with Crippen molar-refractivity contribution in [2.75, 3.05) is 5.75 Å². The van der Waals surface area contributed by atoms with Crippen LogP contribution in [-0.4, -0.2) is 25.6 Å². The zero-order chi connectivity index (χ0) is 13.8.